The number of nitrogens with zero attached hydrogens (tertiary/aromatic N) is 3. The van der Waals surface area contributed by atoms with Gasteiger partial charge < -0.3 is 5.11 Å². The first kappa shape index (κ1) is 13.9. The zero-order valence-corrected chi connectivity index (χ0v) is 12.0. The van der Waals surface area contributed by atoms with Crippen LogP contribution in [-0.4, -0.2) is 16.6 Å². The Hall–Kier alpha value is -2.01. The van der Waals surface area contributed by atoms with Crippen LogP contribution >= 0.6 is 0 Å². The number of aromatic nitrogens is 2. The van der Waals surface area contributed by atoms with Crippen LogP contribution in [-0.2, 0) is 12.3 Å². The molecule has 4 nitrogen and oxygen atoms in total. The summed E-state index contributed by atoms with van der Waals surface area (Å²) in [6.45, 7) is 3.21. The van der Waals surface area contributed by atoms with Crippen molar-refractivity contribution in [2.45, 2.75) is 32.0 Å². The van der Waals surface area contributed by atoms with Crippen molar-refractivity contribution in [1.29, 1.82) is 0 Å². The minimum absolute atomic E-state index is 0.302. The number of aliphatic hydroxyl groups is 1. The first-order chi connectivity index (χ1) is 10.1. The molecule has 0 bridgehead atoms. The molecule has 2 heterocycles. The van der Waals surface area contributed by atoms with Crippen LogP contribution in [0.4, 0.5) is 10.3 Å². The third-order valence-electron chi connectivity index (χ3n) is 3.92. The van der Waals surface area contributed by atoms with Crippen molar-refractivity contribution in [1.82, 2.24) is 4.98 Å². The predicted molar refractivity (Wildman–Crippen MR) is 77.0 cm³/mol. The molecule has 5 heteroatoms. The average molecular weight is 288 g/mol. The fraction of sp³-hybridized carbons (Fsp3) is 0.375. The molecule has 0 spiro atoms. The lowest BCUT2D eigenvalue weighted by Crippen LogP contribution is -2.46. The molecule has 0 aliphatic carbocycles. The van der Waals surface area contributed by atoms with E-state index in [2.05, 4.69) is 11.9 Å². The zero-order valence-electron chi connectivity index (χ0n) is 12.0. The molecular formula is C16H19FN3O+. The molecule has 1 atom stereocenters. The third kappa shape index (κ3) is 2.38. The van der Waals surface area contributed by atoms with Crippen LogP contribution < -0.4 is 9.47 Å². The van der Waals surface area contributed by atoms with E-state index in [1.54, 1.807) is 18.3 Å². The molecule has 1 aliphatic rings. The molecule has 1 unspecified atom stereocenters. The van der Waals surface area contributed by atoms with Gasteiger partial charge in [0.05, 0.1) is 12.7 Å². The molecule has 0 fully saturated rings. The lowest BCUT2D eigenvalue weighted by molar-refractivity contribution is -0.685. The second-order valence-electron chi connectivity index (χ2n) is 5.38. The summed E-state index contributed by atoms with van der Waals surface area (Å²) in [5.41, 5.74) is -0.491. The number of hydrogen-bond donors (Lipinski definition) is 1. The molecule has 2 aromatic rings. The second-order valence-corrected chi connectivity index (χ2v) is 5.38. The number of fused-ring (bicyclic) bond motifs is 1. The van der Waals surface area contributed by atoms with E-state index >= 15 is 0 Å². The van der Waals surface area contributed by atoms with Crippen LogP contribution in [0.25, 0.3) is 0 Å². The molecule has 1 N–H and O–H groups in total. The summed E-state index contributed by atoms with van der Waals surface area (Å²) in [6.07, 6.45) is 5.62. The highest BCUT2D eigenvalue weighted by Crippen LogP contribution is 2.33. The van der Waals surface area contributed by atoms with Crippen molar-refractivity contribution in [3.05, 3.63) is 54.1 Å². The summed E-state index contributed by atoms with van der Waals surface area (Å²) < 4.78 is 15.1. The second kappa shape index (κ2) is 5.41. The molecule has 1 aliphatic heterocycles. The van der Waals surface area contributed by atoms with Gasteiger partial charge in [-0.15, -0.1) is 0 Å². The van der Waals surface area contributed by atoms with Crippen LogP contribution in [0.1, 0.15) is 25.3 Å². The van der Waals surface area contributed by atoms with E-state index < -0.39 is 5.72 Å². The lowest BCUT2D eigenvalue weighted by atomic mass is 10.0. The summed E-state index contributed by atoms with van der Waals surface area (Å²) in [7, 11) is 0. The van der Waals surface area contributed by atoms with Crippen molar-refractivity contribution in [2.75, 3.05) is 11.4 Å². The molecular weight excluding hydrogens is 269 g/mol. The highest BCUT2D eigenvalue weighted by molar-refractivity contribution is 5.38. The van der Waals surface area contributed by atoms with Gasteiger partial charge in [-0.3, -0.25) is 0 Å². The first-order valence-electron chi connectivity index (χ1n) is 7.25. The fourth-order valence-electron chi connectivity index (χ4n) is 2.79. The van der Waals surface area contributed by atoms with E-state index in [0.717, 1.165) is 18.8 Å². The summed E-state index contributed by atoms with van der Waals surface area (Å²) >= 11 is 0. The van der Waals surface area contributed by atoms with Crippen LogP contribution in [0.3, 0.4) is 0 Å². The normalized spacial score (nSPS) is 20.6. The molecule has 0 saturated heterocycles. The maximum absolute atomic E-state index is 13.1. The van der Waals surface area contributed by atoms with Crippen LogP contribution in [0.15, 0.2) is 42.7 Å². The van der Waals surface area contributed by atoms with Gasteiger partial charge in [-0.2, -0.15) is 0 Å². The Labute approximate surface area is 123 Å². The summed E-state index contributed by atoms with van der Waals surface area (Å²) in [5, 5.41) is 11.2. The van der Waals surface area contributed by atoms with Gasteiger partial charge in [-0.05, 0) is 30.7 Å². The van der Waals surface area contributed by atoms with Gasteiger partial charge in [0.2, 0.25) is 5.72 Å². The van der Waals surface area contributed by atoms with Crippen LogP contribution in [0, 0.1) is 5.82 Å². The molecule has 21 heavy (non-hydrogen) atoms. The Bertz CT molecular complexity index is 632. The maximum Gasteiger partial charge on any atom is 0.396 e. The van der Waals surface area contributed by atoms with Gasteiger partial charge in [-0.25, -0.2) is 13.9 Å². The topological polar surface area (TPSA) is 40.2 Å². The van der Waals surface area contributed by atoms with E-state index in [9.17, 15) is 9.50 Å². The zero-order chi connectivity index (χ0) is 14.9. The summed E-state index contributed by atoms with van der Waals surface area (Å²) in [5.74, 6) is 0.446. The van der Waals surface area contributed by atoms with Crippen LogP contribution in [0.5, 0.6) is 0 Å². The number of rotatable bonds is 4. The quantitative estimate of drug-likeness (QED) is 0.875. The van der Waals surface area contributed by atoms with E-state index in [0.29, 0.717) is 18.7 Å². The number of hydrogen-bond acceptors (Lipinski definition) is 3. The monoisotopic (exact) mass is 288 g/mol. The van der Waals surface area contributed by atoms with Gasteiger partial charge in [0.25, 0.3) is 0 Å². The Morgan fingerprint density at radius 1 is 1.38 bits per heavy atom. The van der Waals surface area contributed by atoms with Crippen LogP contribution in [0.2, 0.25) is 0 Å². The Morgan fingerprint density at radius 3 is 2.86 bits per heavy atom. The largest absolute Gasteiger partial charge is 0.396 e. The fourth-order valence-corrected chi connectivity index (χ4v) is 2.79. The van der Waals surface area contributed by atoms with E-state index in [4.69, 9.17) is 0 Å². The Kier molecular flexibility index (Phi) is 3.59. The average Bonchev–Trinajstić information content (AvgIpc) is 2.78. The van der Waals surface area contributed by atoms with Gasteiger partial charge >= 0.3 is 5.95 Å². The molecule has 1 aromatic heterocycles. The molecule has 0 amide bonds. The Morgan fingerprint density at radius 2 is 2.14 bits per heavy atom. The molecule has 3 rings (SSSR count). The summed E-state index contributed by atoms with van der Waals surface area (Å²) in [4.78, 5) is 6.29. The highest BCUT2D eigenvalue weighted by atomic mass is 19.1. The molecule has 110 valence electrons. The number of anilines is 1. The minimum Gasteiger partial charge on any atom is -0.353 e. The molecule has 0 saturated carbocycles. The van der Waals surface area contributed by atoms with Crippen molar-refractivity contribution >= 4 is 5.95 Å². The first-order valence-corrected chi connectivity index (χ1v) is 7.25. The number of unbranched alkanes of at least 4 members (excludes halogenated alkanes) is 1. The predicted octanol–water partition coefficient (Wildman–Crippen LogP) is 1.97. The van der Waals surface area contributed by atoms with E-state index in [1.165, 1.54) is 12.1 Å². The maximum atomic E-state index is 13.1. The summed E-state index contributed by atoms with van der Waals surface area (Å²) in [6, 6.07) is 7.89. The Balaban J connectivity index is 2.02. The minimum atomic E-state index is -1.18. The highest BCUT2D eigenvalue weighted by Gasteiger charge is 2.50. The van der Waals surface area contributed by atoms with Crippen molar-refractivity contribution in [3.8, 4) is 0 Å². The lowest BCUT2D eigenvalue weighted by Gasteiger charge is -2.28. The smallest absolute Gasteiger partial charge is 0.353 e. The van der Waals surface area contributed by atoms with E-state index in [1.807, 2.05) is 21.7 Å². The van der Waals surface area contributed by atoms with Gasteiger partial charge in [-0.1, -0.05) is 18.3 Å². The standard InChI is InChI=1S/C16H19FN3O/c1-2-3-11-20-15-18-9-4-10-19(15)12-16(20,21)13-5-7-14(17)8-6-13/h4-10,21H,2-3,11-12H2,1H3/q+1. The number of halogens is 1. The van der Waals surface area contributed by atoms with Gasteiger partial charge in [0.1, 0.15) is 18.6 Å². The molecule has 1 aromatic carbocycles. The van der Waals surface area contributed by atoms with E-state index in [-0.39, 0.29) is 5.82 Å². The number of benzene rings is 1. The van der Waals surface area contributed by atoms with Crippen molar-refractivity contribution < 1.29 is 14.1 Å². The van der Waals surface area contributed by atoms with Crippen molar-refractivity contribution in [2.24, 2.45) is 0 Å². The molecule has 0 radical (unpaired) electrons. The van der Waals surface area contributed by atoms with Gasteiger partial charge in [0.15, 0.2) is 0 Å². The van der Waals surface area contributed by atoms with Crippen molar-refractivity contribution in [3.63, 3.8) is 0 Å². The SMILES string of the molecule is CCCCN1c2nccc[n+]2CC1(O)c1ccc(F)cc1. The third-order valence-corrected chi connectivity index (χ3v) is 3.92. The van der Waals surface area contributed by atoms with Gasteiger partial charge in [0, 0.05) is 11.6 Å².